The van der Waals surface area contributed by atoms with Gasteiger partial charge in [0.05, 0.1) is 12.6 Å². The van der Waals surface area contributed by atoms with Crippen LogP contribution < -0.4 is 10.6 Å². The van der Waals surface area contributed by atoms with Crippen LogP contribution in [-0.4, -0.2) is 44.3 Å². The van der Waals surface area contributed by atoms with Gasteiger partial charge in [-0.05, 0) is 31.0 Å². The molecule has 120 valence electrons. The van der Waals surface area contributed by atoms with Gasteiger partial charge in [0.2, 0.25) is 11.8 Å². The van der Waals surface area contributed by atoms with Crippen molar-refractivity contribution in [2.75, 3.05) is 25.6 Å². The summed E-state index contributed by atoms with van der Waals surface area (Å²) in [5, 5.41) is 5.56. The van der Waals surface area contributed by atoms with E-state index in [0.717, 1.165) is 5.56 Å². The molecule has 1 aliphatic rings. The van der Waals surface area contributed by atoms with Gasteiger partial charge in [-0.1, -0.05) is 12.1 Å². The fourth-order valence-electron chi connectivity index (χ4n) is 2.44. The second-order valence-corrected chi connectivity index (χ2v) is 5.41. The number of hydrogen-bond acceptors (Lipinski definition) is 4. The Labute approximate surface area is 130 Å². The number of anilines is 1. The summed E-state index contributed by atoms with van der Waals surface area (Å²) in [6.45, 7) is 2.98. The molecule has 6 heteroatoms. The molecule has 0 aromatic heterocycles. The average Bonchev–Trinajstić information content (AvgIpc) is 2.47. The number of methoxy groups -OCH3 is 1. The van der Waals surface area contributed by atoms with Crippen molar-refractivity contribution in [3.63, 3.8) is 0 Å². The lowest BCUT2D eigenvalue weighted by Crippen LogP contribution is -2.50. The monoisotopic (exact) mass is 306 g/mol. The zero-order valence-corrected chi connectivity index (χ0v) is 12.9. The van der Waals surface area contributed by atoms with E-state index in [-0.39, 0.29) is 30.4 Å². The summed E-state index contributed by atoms with van der Waals surface area (Å²) >= 11 is 0. The van der Waals surface area contributed by atoms with Crippen molar-refractivity contribution in [3.05, 3.63) is 29.8 Å². The highest BCUT2D eigenvalue weighted by Crippen LogP contribution is 2.12. The van der Waals surface area contributed by atoms with Crippen LogP contribution in [-0.2, 0) is 19.1 Å². The maximum Gasteiger partial charge on any atom is 0.233 e. The standard InChI is InChI=1S/C16H22N2O4/c1-11-4-3-5-12(8-11)17-15(19)9-16(20)18-13-6-7-22-10-14(13)21-2/h3-5,8,13-14H,6-7,9-10H2,1-2H3,(H,17,19)(H,18,20)/t13-,14-/m0/s1. The van der Waals surface area contributed by atoms with Gasteiger partial charge in [0.1, 0.15) is 12.5 Å². The summed E-state index contributed by atoms with van der Waals surface area (Å²) in [5.41, 5.74) is 1.74. The van der Waals surface area contributed by atoms with E-state index in [1.807, 2.05) is 25.1 Å². The quantitative estimate of drug-likeness (QED) is 0.803. The third-order valence-electron chi connectivity index (χ3n) is 3.58. The van der Waals surface area contributed by atoms with Gasteiger partial charge in [-0.2, -0.15) is 0 Å². The minimum atomic E-state index is -0.330. The second-order valence-electron chi connectivity index (χ2n) is 5.41. The number of carbonyl (C=O) groups excluding carboxylic acids is 2. The molecule has 1 heterocycles. The molecule has 0 unspecified atom stereocenters. The van der Waals surface area contributed by atoms with Gasteiger partial charge in [-0.25, -0.2) is 0 Å². The lowest BCUT2D eigenvalue weighted by molar-refractivity contribution is -0.129. The number of benzene rings is 1. The first-order chi connectivity index (χ1) is 10.6. The Balaban J connectivity index is 1.82. The third-order valence-corrected chi connectivity index (χ3v) is 3.58. The molecule has 0 saturated carbocycles. The second kappa shape index (κ2) is 7.91. The lowest BCUT2D eigenvalue weighted by atomic mass is 10.1. The number of amides is 2. The largest absolute Gasteiger partial charge is 0.379 e. The highest BCUT2D eigenvalue weighted by Gasteiger charge is 2.27. The summed E-state index contributed by atoms with van der Waals surface area (Å²) in [7, 11) is 1.59. The molecule has 2 atom stereocenters. The topological polar surface area (TPSA) is 76.7 Å². The van der Waals surface area contributed by atoms with E-state index < -0.39 is 0 Å². The van der Waals surface area contributed by atoms with E-state index in [2.05, 4.69) is 10.6 Å². The van der Waals surface area contributed by atoms with Crippen LogP contribution in [0.2, 0.25) is 0 Å². The zero-order valence-electron chi connectivity index (χ0n) is 12.9. The smallest absolute Gasteiger partial charge is 0.233 e. The summed E-state index contributed by atoms with van der Waals surface area (Å²) in [6, 6.07) is 7.34. The molecule has 1 saturated heterocycles. The maximum atomic E-state index is 12.0. The van der Waals surface area contributed by atoms with Crippen LogP contribution in [0.4, 0.5) is 5.69 Å². The lowest BCUT2D eigenvalue weighted by Gasteiger charge is -2.30. The van der Waals surface area contributed by atoms with Crippen molar-refractivity contribution in [2.45, 2.75) is 31.9 Å². The van der Waals surface area contributed by atoms with Crippen LogP contribution in [0, 0.1) is 6.92 Å². The molecular formula is C16H22N2O4. The molecule has 1 aliphatic heterocycles. The Morgan fingerprint density at radius 3 is 2.91 bits per heavy atom. The van der Waals surface area contributed by atoms with Crippen LogP contribution in [0.1, 0.15) is 18.4 Å². The zero-order chi connectivity index (χ0) is 15.9. The summed E-state index contributed by atoms with van der Waals surface area (Å²) in [6.07, 6.45) is 0.309. The van der Waals surface area contributed by atoms with Crippen molar-refractivity contribution < 1.29 is 19.1 Å². The fraction of sp³-hybridized carbons (Fsp3) is 0.500. The Hall–Kier alpha value is -1.92. The minimum Gasteiger partial charge on any atom is -0.379 e. The van der Waals surface area contributed by atoms with E-state index >= 15 is 0 Å². The van der Waals surface area contributed by atoms with E-state index in [9.17, 15) is 9.59 Å². The summed E-state index contributed by atoms with van der Waals surface area (Å²) in [5.74, 6) is -0.636. The Kier molecular flexibility index (Phi) is 5.91. The van der Waals surface area contributed by atoms with Gasteiger partial charge in [0.25, 0.3) is 0 Å². The average molecular weight is 306 g/mol. The highest BCUT2D eigenvalue weighted by atomic mass is 16.5. The molecule has 1 aromatic carbocycles. The summed E-state index contributed by atoms with van der Waals surface area (Å²) < 4.78 is 10.6. The number of carbonyl (C=O) groups is 2. The predicted molar refractivity (Wildman–Crippen MR) is 82.6 cm³/mol. The van der Waals surface area contributed by atoms with Crippen molar-refractivity contribution >= 4 is 17.5 Å². The first-order valence-corrected chi connectivity index (χ1v) is 7.35. The molecule has 2 N–H and O–H groups in total. The Bertz CT molecular complexity index is 533. The first-order valence-electron chi connectivity index (χ1n) is 7.35. The van der Waals surface area contributed by atoms with Crippen molar-refractivity contribution in [1.82, 2.24) is 5.32 Å². The highest BCUT2D eigenvalue weighted by molar-refractivity contribution is 6.03. The molecule has 6 nitrogen and oxygen atoms in total. The van der Waals surface area contributed by atoms with Crippen molar-refractivity contribution in [3.8, 4) is 0 Å². The molecule has 2 amide bonds. The molecule has 0 bridgehead atoms. The maximum absolute atomic E-state index is 12.0. The van der Waals surface area contributed by atoms with E-state index in [4.69, 9.17) is 9.47 Å². The molecule has 1 aromatic rings. The molecule has 1 fully saturated rings. The van der Waals surface area contributed by atoms with Gasteiger partial charge in [-0.3, -0.25) is 9.59 Å². The Morgan fingerprint density at radius 2 is 2.18 bits per heavy atom. The van der Waals surface area contributed by atoms with Crippen LogP contribution in [0.5, 0.6) is 0 Å². The molecule has 0 aliphatic carbocycles. The molecule has 0 radical (unpaired) electrons. The van der Waals surface area contributed by atoms with Crippen LogP contribution in [0.3, 0.4) is 0 Å². The number of rotatable bonds is 5. The molecule has 22 heavy (non-hydrogen) atoms. The SMILES string of the molecule is CO[C@H]1COCC[C@@H]1NC(=O)CC(=O)Nc1cccc(C)c1. The molecule has 0 spiro atoms. The van der Waals surface area contributed by atoms with E-state index in [1.165, 1.54) is 0 Å². The first kappa shape index (κ1) is 16.5. The summed E-state index contributed by atoms with van der Waals surface area (Å²) in [4.78, 5) is 23.9. The number of aryl methyl sites for hydroxylation is 1. The fourth-order valence-corrected chi connectivity index (χ4v) is 2.44. The normalized spacial score (nSPS) is 21.2. The van der Waals surface area contributed by atoms with Gasteiger partial charge >= 0.3 is 0 Å². The van der Waals surface area contributed by atoms with Crippen molar-refractivity contribution in [1.29, 1.82) is 0 Å². The van der Waals surface area contributed by atoms with Gasteiger partial charge < -0.3 is 20.1 Å². The van der Waals surface area contributed by atoms with E-state index in [1.54, 1.807) is 13.2 Å². The van der Waals surface area contributed by atoms with Crippen LogP contribution in [0.15, 0.2) is 24.3 Å². The number of ether oxygens (including phenoxy) is 2. The van der Waals surface area contributed by atoms with Gasteiger partial charge in [0.15, 0.2) is 0 Å². The minimum absolute atomic E-state index is 0.113. The van der Waals surface area contributed by atoms with Crippen molar-refractivity contribution in [2.24, 2.45) is 0 Å². The molecular weight excluding hydrogens is 284 g/mol. The molecule has 2 rings (SSSR count). The van der Waals surface area contributed by atoms with Gasteiger partial charge in [0, 0.05) is 19.4 Å². The van der Waals surface area contributed by atoms with Crippen LogP contribution >= 0.6 is 0 Å². The predicted octanol–water partition coefficient (Wildman–Crippen LogP) is 1.24. The number of nitrogens with one attached hydrogen (secondary N) is 2. The van der Waals surface area contributed by atoms with Gasteiger partial charge in [-0.15, -0.1) is 0 Å². The Morgan fingerprint density at radius 1 is 1.36 bits per heavy atom. The van der Waals surface area contributed by atoms with E-state index in [0.29, 0.717) is 25.3 Å². The number of hydrogen-bond donors (Lipinski definition) is 2. The van der Waals surface area contributed by atoms with Crippen LogP contribution in [0.25, 0.3) is 0 Å². The third kappa shape index (κ3) is 4.82.